The number of aliphatic hydroxyl groups is 3. The van der Waals surface area contributed by atoms with Crippen LogP contribution in [0.5, 0.6) is 0 Å². The molecule has 2 aromatic rings. The van der Waals surface area contributed by atoms with E-state index in [9.17, 15) is 20.1 Å². The summed E-state index contributed by atoms with van der Waals surface area (Å²) in [4.78, 5) is 16.1. The Labute approximate surface area is 179 Å². The van der Waals surface area contributed by atoms with Gasteiger partial charge in [-0.2, -0.15) is 0 Å². The van der Waals surface area contributed by atoms with E-state index in [1.165, 1.54) is 0 Å². The third-order valence-corrected chi connectivity index (χ3v) is 5.89. The molecule has 30 heavy (non-hydrogen) atoms. The van der Waals surface area contributed by atoms with Gasteiger partial charge in [-0.25, -0.2) is 0 Å². The minimum atomic E-state index is -2.39. The van der Waals surface area contributed by atoms with Crippen molar-refractivity contribution in [3.8, 4) is 0 Å². The first-order chi connectivity index (χ1) is 14.3. The molecule has 164 valence electrons. The molecule has 3 N–H and O–H groups in total. The van der Waals surface area contributed by atoms with E-state index >= 15 is 0 Å². The topological polar surface area (TPSA) is 84.2 Å². The Kier molecular flexibility index (Phi) is 8.01. The molecule has 0 bridgehead atoms. The van der Waals surface area contributed by atoms with E-state index in [4.69, 9.17) is 0 Å². The van der Waals surface area contributed by atoms with E-state index in [0.717, 1.165) is 37.6 Å². The van der Waals surface area contributed by atoms with E-state index in [1.54, 1.807) is 24.3 Å². The second kappa shape index (κ2) is 10.1. The van der Waals surface area contributed by atoms with Gasteiger partial charge < -0.3 is 25.1 Å². The Morgan fingerprint density at radius 1 is 0.733 bits per heavy atom. The van der Waals surface area contributed by atoms with Crippen LogP contribution >= 0.6 is 0 Å². The lowest BCUT2D eigenvalue weighted by molar-refractivity contribution is -0.164. The standard InChI is InChI=1S/C24H34N2O4/c1-5-25(6-2)21-13-9-19(10-14-21)24(30,23(29,17-27)18-28)20-11-15-22(16-12-20)26(7-3)8-4/h9-17,28-30H,5-8,18H2,1-4H3. The van der Waals surface area contributed by atoms with Crippen LogP contribution in [0.2, 0.25) is 0 Å². The Morgan fingerprint density at radius 2 is 1.07 bits per heavy atom. The summed E-state index contributed by atoms with van der Waals surface area (Å²) in [5.41, 5.74) is -1.88. The number of aliphatic hydroxyl groups excluding tert-OH is 1. The summed E-state index contributed by atoms with van der Waals surface area (Å²) in [7, 11) is 0. The summed E-state index contributed by atoms with van der Waals surface area (Å²) >= 11 is 0. The highest BCUT2D eigenvalue weighted by Gasteiger charge is 2.52. The van der Waals surface area contributed by atoms with Crippen molar-refractivity contribution in [1.82, 2.24) is 0 Å². The molecular formula is C24H34N2O4. The van der Waals surface area contributed by atoms with Gasteiger partial charge in [0.15, 0.2) is 17.5 Å². The van der Waals surface area contributed by atoms with Crippen LogP contribution in [-0.2, 0) is 10.4 Å². The van der Waals surface area contributed by atoms with Crippen LogP contribution in [0.3, 0.4) is 0 Å². The van der Waals surface area contributed by atoms with Crippen molar-refractivity contribution in [2.24, 2.45) is 0 Å². The van der Waals surface area contributed by atoms with Crippen molar-refractivity contribution in [3.63, 3.8) is 0 Å². The van der Waals surface area contributed by atoms with E-state index in [2.05, 4.69) is 37.5 Å². The lowest BCUT2D eigenvalue weighted by Gasteiger charge is -2.40. The number of anilines is 2. The van der Waals surface area contributed by atoms with Crippen LogP contribution in [0.4, 0.5) is 11.4 Å². The Bertz CT molecular complexity index is 743. The van der Waals surface area contributed by atoms with Crippen molar-refractivity contribution in [2.75, 3.05) is 42.6 Å². The lowest BCUT2D eigenvalue weighted by Crippen LogP contribution is -2.56. The summed E-state index contributed by atoms with van der Waals surface area (Å²) in [6.07, 6.45) is 0.212. The molecule has 0 amide bonds. The predicted octanol–water partition coefficient (Wildman–Crippen LogP) is 2.54. The molecule has 0 fully saturated rings. The molecule has 0 aromatic heterocycles. The highest BCUT2D eigenvalue weighted by atomic mass is 16.4. The van der Waals surface area contributed by atoms with Gasteiger partial charge in [-0.05, 0) is 63.1 Å². The summed E-state index contributed by atoms with van der Waals surface area (Å²) in [5, 5.41) is 32.4. The molecule has 0 spiro atoms. The SMILES string of the molecule is CCN(CC)c1ccc(C(O)(c2ccc(N(CC)CC)cc2)C(O)(C=O)CO)cc1. The number of carbonyl (C=O) groups excluding carboxylic acids is 1. The zero-order valence-electron chi connectivity index (χ0n) is 18.4. The second-order valence-corrected chi connectivity index (χ2v) is 7.35. The van der Waals surface area contributed by atoms with Crippen LogP contribution < -0.4 is 9.80 Å². The number of carbonyl (C=O) groups is 1. The third-order valence-electron chi connectivity index (χ3n) is 5.89. The molecule has 0 aliphatic carbocycles. The van der Waals surface area contributed by atoms with Crippen molar-refractivity contribution >= 4 is 17.7 Å². The van der Waals surface area contributed by atoms with Gasteiger partial charge in [0.05, 0.1) is 6.61 Å². The average molecular weight is 415 g/mol. The summed E-state index contributed by atoms with van der Waals surface area (Å²) in [6, 6.07) is 14.2. The number of nitrogens with zero attached hydrogens (tertiary/aromatic N) is 2. The number of hydrogen-bond donors (Lipinski definition) is 3. The molecule has 0 radical (unpaired) electrons. The number of benzene rings is 2. The van der Waals surface area contributed by atoms with Gasteiger partial charge in [-0.1, -0.05) is 24.3 Å². The maximum Gasteiger partial charge on any atom is 0.180 e. The maximum absolute atomic E-state index is 11.8. The fraction of sp³-hybridized carbons (Fsp3) is 0.458. The van der Waals surface area contributed by atoms with Crippen LogP contribution in [0, 0.1) is 0 Å². The van der Waals surface area contributed by atoms with Crippen molar-refractivity contribution in [2.45, 2.75) is 38.9 Å². The van der Waals surface area contributed by atoms with Gasteiger partial charge in [0.25, 0.3) is 0 Å². The van der Waals surface area contributed by atoms with E-state index < -0.39 is 17.8 Å². The van der Waals surface area contributed by atoms with Gasteiger partial charge in [-0.15, -0.1) is 0 Å². The van der Waals surface area contributed by atoms with Gasteiger partial charge in [0.1, 0.15) is 0 Å². The zero-order valence-corrected chi connectivity index (χ0v) is 18.4. The molecule has 0 heterocycles. The Hall–Kier alpha value is -2.41. The molecule has 0 aliphatic rings. The average Bonchev–Trinajstić information content (AvgIpc) is 2.80. The first kappa shape index (κ1) is 23.9. The monoisotopic (exact) mass is 414 g/mol. The van der Waals surface area contributed by atoms with Crippen LogP contribution in [-0.4, -0.2) is 60.0 Å². The molecule has 1 atom stereocenters. The number of aldehydes is 1. The van der Waals surface area contributed by atoms with Gasteiger partial charge in [-0.3, -0.25) is 4.79 Å². The predicted molar refractivity (Wildman–Crippen MR) is 121 cm³/mol. The molecule has 6 heteroatoms. The Morgan fingerprint density at radius 3 is 1.30 bits per heavy atom. The fourth-order valence-corrected chi connectivity index (χ4v) is 3.91. The molecule has 2 rings (SSSR count). The first-order valence-electron chi connectivity index (χ1n) is 10.6. The third kappa shape index (κ3) is 4.21. The highest BCUT2D eigenvalue weighted by molar-refractivity contribution is 5.69. The smallest absolute Gasteiger partial charge is 0.180 e. The van der Waals surface area contributed by atoms with Gasteiger partial charge in [0.2, 0.25) is 0 Å². The maximum atomic E-state index is 11.8. The van der Waals surface area contributed by atoms with Crippen LogP contribution in [0.25, 0.3) is 0 Å². The highest BCUT2D eigenvalue weighted by Crippen LogP contribution is 2.40. The zero-order chi connectivity index (χ0) is 22.4. The second-order valence-electron chi connectivity index (χ2n) is 7.35. The molecule has 6 nitrogen and oxygen atoms in total. The van der Waals surface area contributed by atoms with Crippen molar-refractivity contribution in [1.29, 1.82) is 0 Å². The van der Waals surface area contributed by atoms with Gasteiger partial charge >= 0.3 is 0 Å². The summed E-state index contributed by atoms with van der Waals surface area (Å²) in [5.74, 6) is 0. The molecular weight excluding hydrogens is 380 g/mol. The number of rotatable bonds is 11. The first-order valence-corrected chi connectivity index (χ1v) is 10.6. The largest absolute Gasteiger partial charge is 0.393 e. The lowest BCUT2D eigenvalue weighted by atomic mass is 9.73. The van der Waals surface area contributed by atoms with Crippen LogP contribution in [0.1, 0.15) is 38.8 Å². The quantitative estimate of drug-likeness (QED) is 0.490. The van der Waals surface area contributed by atoms with E-state index in [0.29, 0.717) is 11.1 Å². The van der Waals surface area contributed by atoms with Crippen LogP contribution in [0.15, 0.2) is 48.5 Å². The minimum Gasteiger partial charge on any atom is -0.393 e. The summed E-state index contributed by atoms with van der Waals surface area (Å²) < 4.78 is 0. The molecule has 0 saturated carbocycles. The fourth-order valence-electron chi connectivity index (χ4n) is 3.91. The normalized spacial score (nSPS) is 13.6. The van der Waals surface area contributed by atoms with Crippen molar-refractivity contribution < 1.29 is 20.1 Å². The molecule has 1 unspecified atom stereocenters. The molecule has 0 saturated heterocycles. The van der Waals surface area contributed by atoms with E-state index in [-0.39, 0.29) is 6.29 Å². The van der Waals surface area contributed by atoms with Crippen molar-refractivity contribution in [3.05, 3.63) is 59.7 Å². The number of hydrogen-bond acceptors (Lipinski definition) is 6. The minimum absolute atomic E-state index is 0.212. The molecule has 2 aromatic carbocycles. The van der Waals surface area contributed by atoms with Gasteiger partial charge in [0, 0.05) is 37.6 Å². The molecule has 0 aliphatic heterocycles. The van der Waals surface area contributed by atoms with E-state index in [1.807, 2.05) is 24.3 Å². The summed E-state index contributed by atoms with van der Waals surface area (Å²) in [6.45, 7) is 10.7. The Balaban J connectivity index is 2.59.